The normalized spacial score (nSPS) is 29.0. The Balaban J connectivity index is 1.80. The van der Waals surface area contributed by atoms with Crippen molar-refractivity contribution in [2.45, 2.75) is 0 Å². The first kappa shape index (κ1) is 8.44. The first-order chi connectivity index (χ1) is 5.97. The SMILES string of the molecule is C1CN([N+]2CCOCC2)CCO1. The first-order valence-electron chi connectivity index (χ1n) is 4.62. The molecule has 0 bridgehead atoms. The minimum Gasteiger partial charge on any atom is -0.378 e. The summed E-state index contributed by atoms with van der Waals surface area (Å²) in [5.41, 5.74) is 0. The van der Waals surface area contributed by atoms with Crippen molar-refractivity contribution in [2.75, 3.05) is 52.6 Å². The van der Waals surface area contributed by atoms with E-state index in [-0.39, 0.29) is 0 Å². The van der Waals surface area contributed by atoms with E-state index in [9.17, 15) is 0 Å². The molecule has 2 fully saturated rings. The molecule has 0 amide bonds. The zero-order valence-corrected chi connectivity index (χ0v) is 7.37. The van der Waals surface area contributed by atoms with Crippen LogP contribution in [0, 0.1) is 0 Å². The maximum absolute atomic E-state index is 5.29. The standard InChI is InChI=1S/C8H16N2O2/c1-5-11-6-2-9(1)10-3-7-12-8-4-10/h1-8H2/q+1. The van der Waals surface area contributed by atoms with Crippen LogP contribution in [0.25, 0.3) is 0 Å². The molecule has 1 radical (unpaired) electrons. The number of hydrazine groups is 1. The van der Waals surface area contributed by atoms with Crippen LogP contribution in [0.2, 0.25) is 0 Å². The van der Waals surface area contributed by atoms with E-state index in [1.165, 1.54) is 0 Å². The van der Waals surface area contributed by atoms with Gasteiger partial charge < -0.3 is 9.47 Å². The van der Waals surface area contributed by atoms with Gasteiger partial charge in [0.25, 0.3) is 0 Å². The number of hydrogen-bond donors (Lipinski definition) is 0. The molecule has 12 heavy (non-hydrogen) atoms. The summed E-state index contributed by atoms with van der Waals surface area (Å²) in [5, 5.41) is 4.76. The van der Waals surface area contributed by atoms with Crippen molar-refractivity contribution in [2.24, 2.45) is 0 Å². The van der Waals surface area contributed by atoms with Crippen LogP contribution >= 0.6 is 0 Å². The fraction of sp³-hybridized carbons (Fsp3) is 1.00. The third-order valence-electron chi connectivity index (χ3n) is 2.37. The lowest BCUT2D eigenvalue weighted by molar-refractivity contribution is -0.0701. The van der Waals surface area contributed by atoms with Crippen LogP contribution in [0.4, 0.5) is 0 Å². The summed E-state index contributed by atoms with van der Waals surface area (Å²) < 4.78 is 10.6. The molecule has 2 heterocycles. The predicted molar refractivity (Wildman–Crippen MR) is 45.1 cm³/mol. The molecule has 0 spiro atoms. The summed E-state index contributed by atoms with van der Waals surface area (Å²) in [7, 11) is 0. The van der Waals surface area contributed by atoms with Gasteiger partial charge in [0.15, 0.2) is 13.1 Å². The van der Waals surface area contributed by atoms with E-state index in [4.69, 9.17) is 9.47 Å². The lowest BCUT2D eigenvalue weighted by atomic mass is 10.4. The molecule has 4 heteroatoms. The van der Waals surface area contributed by atoms with E-state index in [0.717, 1.165) is 52.6 Å². The second-order valence-electron chi connectivity index (χ2n) is 3.13. The highest BCUT2D eigenvalue weighted by Gasteiger charge is 2.29. The minimum atomic E-state index is 0.872. The van der Waals surface area contributed by atoms with Crippen molar-refractivity contribution in [1.82, 2.24) is 10.0 Å². The summed E-state index contributed by atoms with van der Waals surface area (Å²) in [5.74, 6) is 0. The Hall–Kier alpha value is -0.160. The molecule has 4 nitrogen and oxygen atoms in total. The molecular formula is C8H16N2O2+. The van der Waals surface area contributed by atoms with Gasteiger partial charge in [-0.05, 0) is 0 Å². The van der Waals surface area contributed by atoms with Crippen LogP contribution in [-0.4, -0.2) is 57.6 Å². The predicted octanol–water partition coefficient (Wildman–Crippen LogP) is -0.596. The molecule has 0 saturated carbocycles. The third-order valence-corrected chi connectivity index (χ3v) is 2.37. The average Bonchev–Trinajstić information content (AvgIpc) is 2.21. The van der Waals surface area contributed by atoms with E-state index in [2.05, 4.69) is 10.0 Å². The van der Waals surface area contributed by atoms with Gasteiger partial charge in [0.1, 0.15) is 13.2 Å². The Morgan fingerprint density at radius 1 is 0.833 bits per heavy atom. The van der Waals surface area contributed by atoms with Gasteiger partial charge in [-0.15, -0.1) is 5.01 Å². The highest BCUT2D eigenvalue weighted by Crippen LogP contribution is 2.02. The van der Waals surface area contributed by atoms with Crippen LogP contribution in [-0.2, 0) is 9.47 Å². The Morgan fingerprint density at radius 3 is 2.08 bits per heavy atom. The molecule has 0 aromatic rings. The fourth-order valence-corrected chi connectivity index (χ4v) is 1.67. The van der Waals surface area contributed by atoms with Gasteiger partial charge in [-0.1, -0.05) is 5.01 Å². The summed E-state index contributed by atoms with van der Waals surface area (Å²) in [6, 6.07) is 0. The molecule has 0 aromatic heterocycles. The van der Waals surface area contributed by atoms with Crippen molar-refractivity contribution >= 4 is 0 Å². The van der Waals surface area contributed by atoms with Gasteiger partial charge >= 0.3 is 0 Å². The Kier molecular flexibility index (Phi) is 2.94. The summed E-state index contributed by atoms with van der Waals surface area (Å²) >= 11 is 0. The van der Waals surface area contributed by atoms with Gasteiger partial charge in [0.05, 0.1) is 26.3 Å². The lowest BCUT2D eigenvalue weighted by Crippen LogP contribution is -2.56. The van der Waals surface area contributed by atoms with Crippen LogP contribution < -0.4 is 5.01 Å². The monoisotopic (exact) mass is 172 g/mol. The maximum Gasteiger partial charge on any atom is 0.168 e. The molecule has 2 aliphatic rings. The van der Waals surface area contributed by atoms with E-state index in [1.54, 1.807) is 0 Å². The van der Waals surface area contributed by atoms with Crippen molar-refractivity contribution in [3.63, 3.8) is 0 Å². The number of hydrogen-bond acceptors (Lipinski definition) is 4. The van der Waals surface area contributed by atoms with Gasteiger partial charge in [0.2, 0.25) is 0 Å². The number of nitrogens with zero attached hydrogens (tertiary/aromatic N) is 2. The van der Waals surface area contributed by atoms with Crippen LogP contribution in [0.3, 0.4) is 0 Å². The van der Waals surface area contributed by atoms with Crippen molar-refractivity contribution in [3.8, 4) is 0 Å². The van der Waals surface area contributed by atoms with Crippen LogP contribution in [0.1, 0.15) is 0 Å². The van der Waals surface area contributed by atoms with Crippen LogP contribution in [0.5, 0.6) is 0 Å². The number of morpholine rings is 2. The average molecular weight is 172 g/mol. The molecule has 2 saturated heterocycles. The van der Waals surface area contributed by atoms with Crippen LogP contribution in [0.15, 0.2) is 0 Å². The molecule has 0 atom stereocenters. The summed E-state index contributed by atoms with van der Waals surface area (Å²) in [6.07, 6.45) is 0. The zero-order chi connectivity index (χ0) is 8.23. The molecule has 0 N–H and O–H groups in total. The zero-order valence-electron chi connectivity index (χ0n) is 7.37. The van der Waals surface area contributed by atoms with E-state index >= 15 is 0 Å². The topological polar surface area (TPSA) is 27.6 Å². The molecule has 2 rings (SSSR count). The second-order valence-corrected chi connectivity index (χ2v) is 3.13. The molecule has 2 aliphatic heterocycles. The van der Waals surface area contributed by atoms with Gasteiger partial charge in [-0.2, -0.15) is 0 Å². The van der Waals surface area contributed by atoms with E-state index < -0.39 is 0 Å². The highest BCUT2D eigenvalue weighted by atomic mass is 16.5. The maximum atomic E-state index is 5.29. The first-order valence-corrected chi connectivity index (χ1v) is 4.62. The fourth-order valence-electron chi connectivity index (χ4n) is 1.67. The van der Waals surface area contributed by atoms with Gasteiger partial charge in [0, 0.05) is 0 Å². The number of rotatable bonds is 1. The Labute approximate surface area is 73.0 Å². The Morgan fingerprint density at radius 2 is 1.42 bits per heavy atom. The highest BCUT2D eigenvalue weighted by molar-refractivity contribution is 4.68. The Bertz CT molecular complexity index is 115. The third kappa shape index (κ3) is 1.95. The van der Waals surface area contributed by atoms with Gasteiger partial charge in [-0.25, -0.2) is 0 Å². The van der Waals surface area contributed by atoms with Crippen molar-refractivity contribution in [3.05, 3.63) is 0 Å². The van der Waals surface area contributed by atoms with Crippen molar-refractivity contribution in [1.29, 1.82) is 0 Å². The molecule has 0 aromatic carbocycles. The molecule has 69 valence electrons. The summed E-state index contributed by atoms with van der Waals surface area (Å²) in [6.45, 7) is 7.66. The molecule has 0 unspecified atom stereocenters. The smallest absolute Gasteiger partial charge is 0.168 e. The van der Waals surface area contributed by atoms with E-state index in [0.29, 0.717) is 0 Å². The van der Waals surface area contributed by atoms with E-state index in [1.807, 2.05) is 0 Å². The summed E-state index contributed by atoms with van der Waals surface area (Å²) in [4.78, 5) is 0. The quantitative estimate of drug-likeness (QED) is 0.494. The minimum absolute atomic E-state index is 0.872. The second kappa shape index (κ2) is 4.18. The van der Waals surface area contributed by atoms with Crippen molar-refractivity contribution < 1.29 is 9.47 Å². The lowest BCUT2D eigenvalue weighted by Gasteiger charge is -2.29. The number of ether oxygens (including phenoxy) is 2. The van der Waals surface area contributed by atoms with Gasteiger partial charge in [-0.3, -0.25) is 0 Å². The largest absolute Gasteiger partial charge is 0.378 e. The molecular weight excluding hydrogens is 156 g/mol. The molecule has 0 aliphatic carbocycles.